The number of anilines is 2. The van der Waals surface area contributed by atoms with Crippen LogP contribution in [0.15, 0.2) is 28.9 Å². The van der Waals surface area contributed by atoms with Crippen molar-refractivity contribution in [2.24, 2.45) is 0 Å². The lowest BCUT2D eigenvalue weighted by atomic mass is 10.1. The van der Waals surface area contributed by atoms with Crippen LogP contribution in [-0.4, -0.2) is 10.9 Å². The minimum absolute atomic E-state index is 0.0789. The fourth-order valence-electron chi connectivity index (χ4n) is 1.81. The van der Waals surface area contributed by atoms with Crippen molar-refractivity contribution in [1.29, 1.82) is 0 Å². The maximum absolute atomic E-state index is 14.0. The third-order valence-electron chi connectivity index (χ3n) is 2.82. The molecule has 1 aromatic heterocycles. The van der Waals surface area contributed by atoms with Crippen molar-refractivity contribution in [3.63, 3.8) is 0 Å². The van der Waals surface area contributed by atoms with Crippen LogP contribution in [0.5, 0.6) is 0 Å². The summed E-state index contributed by atoms with van der Waals surface area (Å²) in [5.41, 5.74) is 7.40. The molecule has 3 N–H and O–H groups in total. The number of rotatable bonds is 2. The van der Waals surface area contributed by atoms with Crippen LogP contribution < -0.4 is 11.1 Å². The van der Waals surface area contributed by atoms with Crippen LogP contribution >= 0.6 is 15.9 Å². The molecular formula is C14H13BrFN3O. The number of nitrogen functional groups attached to an aromatic ring is 1. The highest BCUT2D eigenvalue weighted by Gasteiger charge is 2.15. The van der Waals surface area contributed by atoms with E-state index in [4.69, 9.17) is 5.73 Å². The summed E-state index contributed by atoms with van der Waals surface area (Å²) in [6, 6.07) is 6.20. The SMILES string of the molecule is Cc1cc(N)cc(C(=O)Nc2ccc(Br)nc2C)c1F. The number of halogens is 2. The topological polar surface area (TPSA) is 68.0 Å². The summed E-state index contributed by atoms with van der Waals surface area (Å²) in [7, 11) is 0. The Labute approximate surface area is 124 Å². The van der Waals surface area contributed by atoms with Gasteiger partial charge in [-0.05, 0) is 59.6 Å². The molecule has 20 heavy (non-hydrogen) atoms. The average Bonchev–Trinajstić information content (AvgIpc) is 2.37. The van der Waals surface area contributed by atoms with Gasteiger partial charge in [-0.3, -0.25) is 4.79 Å². The number of carbonyl (C=O) groups is 1. The molecule has 0 saturated carbocycles. The number of amides is 1. The molecule has 104 valence electrons. The van der Waals surface area contributed by atoms with Crippen molar-refractivity contribution in [1.82, 2.24) is 4.98 Å². The molecule has 1 amide bonds. The summed E-state index contributed by atoms with van der Waals surface area (Å²) in [5.74, 6) is -1.12. The molecule has 0 fully saturated rings. The predicted molar refractivity (Wildman–Crippen MR) is 80.2 cm³/mol. The van der Waals surface area contributed by atoms with Gasteiger partial charge in [0.1, 0.15) is 10.4 Å². The van der Waals surface area contributed by atoms with Gasteiger partial charge in [-0.15, -0.1) is 0 Å². The molecule has 2 aromatic rings. The third kappa shape index (κ3) is 2.96. The van der Waals surface area contributed by atoms with Crippen molar-refractivity contribution in [2.45, 2.75) is 13.8 Å². The molecule has 0 atom stereocenters. The molecule has 0 bridgehead atoms. The molecule has 6 heteroatoms. The Kier molecular flexibility index (Phi) is 4.04. The molecular weight excluding hydrogens is 325 g/mol. The van der Waals surface area contributed by atoms with E-state index in [1.54, 1.807) is 26.0 Å². The first-order valence-corrected chi connectivity index (χ1v) is 6.68. The molecule has 4 nitrogen and oxygen atoms in total. The van der Waals surface area contributed by atoms with E-state index >= 15 is 0 Å². The van der Waals surface area contributed by atoms with Crippen molar-refractivity contribution < 1.29 is 9.18 Å². The molecule has 0 aliphatic rings. The maximum Gasteiger partial charge on any atom is 0.258 e. The number of nitrogens with one attached hydrogen (secondary N) is 1. The summed E-state index contributed by atoms with van der Waals surface area (Å²) >= 11 is 3.24. The fourth-order valence-corrected chi connectivity index (χ4v) is 2.21. The summed E-state index contributed by atoms with van der Waals surface area (Å²) in [4.78, 5) is 16.3. The summed E-state index contributed by atoms with van der Waals surface area (Å²) in [6.45, 7) is 3.32. The third-order valence-corrected chi connectivity index (χ3v) is 3.26. The number of hydrogen-bond acceptors (Lipinski definition) is 3. The van der Waals surface area contributed by atoms with Gasteiger partial charge in [0.2, 0.25) is 0 Å². The number of nitrogens with two attached hydrogens (primary N) is 1. The molecule has 0 aliphatic carbocycles. The van der Waals surface area contributed by atoms with E-state index in [1.165, 1.54) is 12.1 Å². The quantitative estimate of drug-likeness (QED) is 0.651. The highest BCUT2D eigenvalue weighted by atomic mass is 79.9. The highest BCUT2D eigenvalue weighted by Crippen LogP contribution is 2.20. The number of aromatic nitrogens is 1. The first kappa shape index (κ1) is 14.5. The number of nitrogens with zero attached hydrogens (tertiary/aromatic N) is 1. The predicted octanol–water partition coefficient (Wildman–Crippen LogP) is 3.43. The summed E-state index contributed by atoms with van der Waals surface area (Å²) < 4.78 is 14.6. The Morgan fingerprint density at radius 1 is 1.35 bits per heavy atom. The number of pyridine rings is 1. The van der Waals surface area contributed by atoms with E-state index in [0.29, 0.717) is 27.2 Å². The second kappa shape index (κ2) is 5.58. The lowest BCUT2D eigenvalue weighted by molar-refractivity contribution is 0.102. The van der Waals surface area contributed by atoms with Gasteiger partial charge in [0.15, 0.2) is 0 Å². The molecule has 0 aliphatic heterocycles. The summed E-state index contributed by atoms with van der Waals surface area (Å²) in [6.07, 6.45) is 0. The van der Waals surface area contributed by atoms with Crippen LogP contribution in [0.2, 0.25) is 0 Å². The largest absolute Gasteiger partial charge is 0.399 e. The van der Waals surface area contributed by atoms with E-state index < -0.39 is 11.7 Å². The van der Waals surface area contributed by atoms with Gasteiger partial charge in [-0.2, -0.15) is 0 Å². The van der Waals surface area contributed by atoms with Gasteiger partial charge in [0.25, 0.3) is 5.91 Å². The molecule has 1 heterocycles. The highest BCUT2D eigenvalue weighted by molar-refractivity contribution is 9.10. The first-order valence-electron chi connectivity index (χ1n) is 5.88. The number of carbonyl (C=O) groups excluding carboxylic acids is 1. The standard InChI is InChI=1S/C14H13BrFN3O/c1-7-5-9(17)6-10(13(7)16)14(20)19-11-3-4-12(15)18-8(11)2/h3-6H,17H2,1-2H3,(H,19,20). The molecule has 0 spiro atoms. The zero-order valence-corrected chi connectivity index (χ0v) is 12.6. The van der Waals surface area contributed by atoms with Crippen LogP contribution in [0, 0.1) is 19.7 Å². The van der Waals surface area contributed by atoms with E-state index in [0.717, 1.165) is 0 Å². The number of hydrogen-bond donors (Lipinski definition) is 2. The monoisotopic (exact) mass is 337 g/mol. The van der Waals surface area contributed by atoms with Crippen molar-refractivity contribution in [3.8, 4) is 0 Å². The Bertz CT molecular complexity index is 688. The van der Waals surface area contributed by atoms with Gasteiger partial charge in [-0.25, -0.2) is 9.37 Å². The van der Waals surface area contributed by atoms with Gasteiger partial charge < -0.3 is 11.1 Å². The fraction of sp³-hybridized carbons (Fsp3) is 0.143. The molecule has 0 saturated heterocycles. The van der Waals surface area contributed by atoms with E-state index in [1.807, 2.05) is 0 Å². The van der Waals surface area contributed by atoms with Crippen molar-refractivity contribution in [2.75, 3.05) is 11.1 Å². The van der Waals surface area contributed by atoms with Gasteiger partial charge in [0, 0.05) is 5.69 Å². The zero-order chi connectivity index (χ0) is 14.9. The van der Waals surface area contributed by atoms with Crippen LogP contribution in [0.25, 0.3) is 0 Å². The second-order valence-electron chi connectivity index (χ2n) is 4.42. The maximum atomic E-state index is 14.0. The first-order chi connectivity index (χ1) is 9.38. The van der Waals surface area contributed by atoms with Crippen LogP contribution in [-0.2, 0) is 0 Å². The van der Waals surface area contributed by atoms with Gasteiger partial charge in [-0.1, -0.05) is 0 Å². The lowest BCUT2D eigenvalue weighted by Gasteiger charge is -2.10. The van der Waals surface area contributed by atoms with Crippen LogP contribution in [0.4, 0.5) is 15.8 Å². The van der Waals surface area contributed by atoms with Gasteiger partial charge >= 0.3 is 0 Å². The van der Waals surface area contributed by atoms with Crippen LogP contribution in [0.1, 0.15) is 21.6 Å². The lowest BCUT2D eigenvalue weighted by Crippen LogP contribution is -2.16. The Balaban J connectivity index is 2.33. The summed E-state index contributed by atoms with van der Waals surface area (Å²) in [5, 5.41) is 2.63. The molecule has 0 unspecified atom stereocenters. The minimum atomic E-state index is -0.570. The molecule has 2 rings (SSSR count). The van der Waals surface area contributed by atoms with E-state index in [-0.39, 0.29) is 5.56 Å². The average molecular weight is 338 g/mol. The Morgan fingerprint density at radius 3 is 2.70 bits per heavy atom. The van der Waals surface area contributed by atoms with Crippen molar-refractivity contribution >= 4 is 33.2 Å². The van der Waals surface area contributed by atoms with Crippen LogP contribution in [0.3, 0.4) is 0 Å². The Hall–Kier alpha value is -1.95. The second-order valence-corrected chi connectivity index (χ2v) is 5.23. The molecule has 0 radical (unpaired) electrons. The molecule has 1 aromatic carbocycles. The van der Waals surface area contributed by atoms with E-state index in [2.05, 4.69) is 26.2 Å². The number of benzene rings is 1. The number of aryl methyl sites for hydroxylation is 2. The van der Waals surface area contributed by atoms with Gasteiger partial charge in [0.05, 0.1) is 16.9 Å². The van der Waals surface area contributed by atoms with Crippen molar-refractivity contribution in [3.05, 3.63) is 51.5 Å². The Morgan fingerprint density at radius 2 is 2.05 bits per heavy atom. The normalized spacial score (nSPS) is 10.4. The smallest absolute Gasteiger partial charge is 0.258 e. The minimum Gasteiger partial charge on any atom is -0.399 e. The zero-order valence-electron chi connectivity index (χ0n) is 11.0. The van der Waals surface area contributed by atoms with E-state index in [9.17, 15) is 9.18 Å².